The van der Waals surface area contributed by atoms with Gasteiger partial charge < -0.3 is 25.5 Å². The van der Waals surface area contributed by atoms with Crippen molar-refractivity contribution in [2.24, 2.45) is 11.1 Å². The molecule has 158 valence electrons. The summed E-state index contributed by atoms with van der Waals surface area (Å²) < 4.78 is 4.69. The predicted molar refractivity (Wildman–Crippen MR) is 97.3 cm³/mol. The Kier molecular flexibility index (Phi) is 12.0. The van der Waals surface area contributed by atoms with Gasteiger partial charge in [0.05, 0.1) is 6.61 Å². The summed E-state index contributed by atoms with van der Waals surface area (Å²) in [6.07, 6.45) is -2.23. The molecule has 0 aliphatic carbocycles. The number of thioether (sulfide) groups is 1. The molecular weight excluding hydrogens is 398 g/mol. The maximum Gasteiger partial charge on any atom is 0.413 e. The Balaban J connectivity index is 4.27. The van der Waals surface area contributed by atoms with Crippen molar-refractivity contribution in [2.45, 2.75) is 19.8 Å². The zero-order chi connectivity index (χ0) is 21.7. The molecule has 13 heteroatoms. The Morgan fingerprint density at radius 3 is 2.36 bits per heavy atom. The fraction of sp³-hybridized carbons (Fsp3) is 0.600. The molecule has 0 spiro atoms. The number of aliphatic carboxylic acids is 1. The molecule has 12 nitrogen and oxygen atoms in total. The number of ether oxygens (including phenoxy) is 1. The first-order valence-electron chi connectivity index (χ1n) is 8.11. The molecule has 0 aromatic rings. The molecule has 0 aliphatic heterocycles. The zero-order valence-electron chi connectivity index (χ0n) is 15.4. The third-order valence-electron chi connectivity index (χ3n) is 3.31. The number of imide groups is 1. The van der Waals surface area contributed by atoms with E-state index in [0.717, 1.165) is 7.05 Å². The average molecular weight is 421 g/mol. The molecule has 3 amide bonds. The minimum Gasteiger partial charge on any atom is -0.481 e. The van der Waals surface area contributed by atoms with E-state index in [9.17, 15) is 24.0 Å². The minimum absolute atomic E-state index is 0.0717. The second-order valence-corrected chi connectivity index (χ2v) is 6.38. The summed E-state index contributed by atoms with van der Waals surface area (Å²) in [6.45, 7) is 1.93. The van der Waals surface area contributed by atoms with E-state index in [2.05, 4.69) is 15.2 Å². The molecule has 0 bridgehead atoms. The molecular formula is C15H23N3O9S. The largest absolute Gasteiger partial charge is 0.481 e. The van der Waals surface area contributed by atoms with Crippen molar-refractivity contribution in [2.75, 3.05) is 31.7 Å². The first-order chi connectivity index (χ1) is 13.1. The van der Waals surface area contributed by atoms with Crippen LogP contribution in [0.25, 0.3) is 0 Å². The summed E-state index contributed by atoms with van der Waals surface area (Å²) in [7, 11) is 0.929. The highest BCUT2D eigenvalue weighted by Gasteiger charge is 2.31. The molecule has 28 heavy (non-hydrogen) atoms. The monoisotopic (exact) mass is 421 g/mol. The molecule has 1 unspecified atom stereocenters. The molecule has 0 saturated carbocycles. The van der Waals surface area contributed by atoms with E-state index in [4.69, 9.17) is 15.4 Å². The van der Waals surface area contributed by atoms with E-state index in [1.807, 2.05) is 0 Å². The van der Waals surface area contributed by atoms with Gasteiger partial charge in [-0.05, 0) is 13.3 Å². The molecule has 4 N–H and O–H groups in total. The van der Waals surface area contributed by atoms with Gasteiger partial charge in [-0.2, -0.15) is 11.8 Å². The van der Waals surface area contributed by atoms with E-state index in [-0.39, 0.29) is 42.4 Å². The van der Waals surface area contributed by atoms with Gasteiger partial charge in [0.25, 0.3) is 0 Å². The number of carboxylic acids is 1. The smallest absolute Gasteiger partial charge is 0.413 e. The number of carbonyl (C=O) groups excluding carboxylic acids is 3. The number of amides is 3. The number of nitrogens with one attached hydrogen (secondary N) is 1. The highest BCUT2D eigenvalue weighted by Crippen LogP contribution is 2.11. The van der Waals surface area contributed by atoms with Gasteiger partial charge in [-0.3, -0.25) is 14.4 Å². The zero-order valence-corrected chi connectivity index (χ0v) is 16.2. The molecule has 0 aromatic carbocycles. The second kappa shape index (κ2) is 13.4. The van der Waals surface area contributed by atoms with E-state index >= 15 is 0 Å². The normalized spacial score (nSPS) is 12.0. The van der Waals surface area contributed by atoms with Crippen LogP contribution in [0, 0.1) is 5.92 Å². The Bertz CT molecular complexity index is 624. The third kappa shape index (κ3) is 9.21. The number of esters is 1. The summed E-state index contributed by atoms with van der Waals surface area (Å²) in [5.41, 5.74) is -0.163. The highest BCUT2D eigenvalue weighted by atomic mass is 32.2. The number of carbonyl (C=O) groups is 5. The number of rotatable bonds is 12. The van der Waals surface area contributed by atoms with Crippen LogP contribution in [-0.4, -0.2) is 87.6 Å². The lowest BCUT2D eigenvalue weighted by atomic mass is 10.0. The lowest BCUT2D eigenvalue weighted by Gasteiger charge is -2.16. The van der Waals surface area contributed by atoms with Crippen LogP contribution in [-0.2, 0) is 23.9 Å². The van der Waals surface area contributed by atoms with Gasteiger partial charge in [0, 0.05) is 31.5 Å². The van der Waals surface area contributed by atoms with Crippen molar-refractivity contribution in [1.82, 2.24) is 10.2 Å². The quantitative estimate of drug-likeness (QED) is 0.0825. The fourth-order valence-electron chi connectivity index (χ4n) is 1.82. The first kappa shape index (κ1) is 25.2. The summed E-state index contributed by atoms with van der Waals surface area (Å²) in [5.74, 6) is -5.10. The maximum absolute atomic E-state index is 11.8. The predicted octanol–water partition coefficient (Wildman–Crippen LogP) is -0.153. The van der Waals surface area contributed by atoms with E-state index in [0.29, 0.717) is 5.75 Å². The Labute approximate surface area is 164 Å². The van der Waals surface area contributed by atoms with Gasteiger partial charge in [0.1, 0.15) is 5.92 Å². The Morgan fingerprint density at radius 1 is 1.21 bits per heavy atom. The molecule has 0 rings (SSSR count). The Hall–Kier alpha value is -2.83. The number of hydrogen-bond donors (Lipinski definition) is 4. The fourth-order valence-corrected chi connectivity index (χ4v) is 2.58. The summed E-state index contributed by atoms with van der Waals surface area (Å²) in [6, 6.07) is 0. The number of nitrogens with zero attached hydrogens (tertiary/aromatic N) is 2. The van der Waals surface area contributed by atoms with E-state index < -0.39 is 35.8 Å². The summed E-state index contributed by atoms with van der Waals surface area (Å²) >= 11 is 1.20. The molecule has 0 saturated heterocycles. The lowest BCUT2D eigenvalue weighted by Crippen LogP contribution is -2.40. The van der Waals surface area contributed by atoms with Crippen LogP contribution in [0.15, 0.2) is 5.16 Å². The van der Waals surface area contributed by atoms with Crippen molar-refractivity contribution < 1.29 is 44.1 Å². The molecule has 0 aliphatic rings. The highest BCUT2D eigenvalue weighted by molar-refractivity contribution is 8.00. The van der Waals surface area contributed by atoms with Crippen molar-refractivity contribution in [1.29, 1.82) is 0 Å². The molecule has 0 fully saturated rings. The third-order valence-corrected chi connectivity index (χ3v) is 4.28. The van der Waals surface area contributed by atoms with Gasteiger partial charge in [0.15, 0.2) is 5.71 Å². The van der Waals surface area contributed by atoms with E-state index in [1.54, 1.807) is 6.92 Å². The minimum atomic E-state index is -1.64. The van der Waals surface area contributed by atoms with Crippen molar-refractivity contribution in [3.8, 4) is 0 Å². The van der Waals surface area contributed by atoms with Gasteiger partial charge >= 0.3 is 18.0 Å². The van der Waals surface area contributed by atoms with Crippen molar-refractivity contribution in [3.63, 3.8) is 0 Å². The first-order valence-corrected chi connectivity index (χ1v) is 9.26. The second-order valence-electron chi connectivity index (χ2n) is 5.28. The average Bonchev–Trinajstić information content (AvgIpc) is 2.63. The number of carboxylic acid groups (broad SMARTS) is 2. The topological polar surface area (TPSA) is 183 Å². The Morgan fingerprint density at radius 2 is 1.86 bits per heavy atom. The molecule has 0 aromatic heterocycles. The van der Waals surface area contributed by atoms with Crippen molar-refractivity contribution >= 4 is 47.3 Å². The van der Waals surface area contributed by atoms with Crippen LogP contribution in [0.5, 0.6) is 0 Å². The van der Waals surface area contributed by atoms with Crippen molar-refractivity contribution in [3.05, 3.63) is 0 Å². The lowest BCUT2D eigenvalue weighted by molar-refractivity contribution is -0.150. The van der Waals surface area contributed by atoms with Gasteiger partial charge in [-0.1, -0.05) is 5.16 Å². The van der Waals surface area contributed by atoms with E-state index in [1.165, 1.54) is 11.8 Å². The number of oxime groups is 1. The van der Waals surface area contributed by atoms with Gasteiger partial charge in [-0.25, -0.2) is 14.5 Å². The number of hydrogen-bond acceptors (Lipinski definition) is 9. The standard InChI is InChI=1S/C15H23N3O9S/c1-3-27-14(23)10(17-26)8-28-7-6-16-11(19)5-4-9(13(21)22)12(20)18(2)15(24)25/h9,26H,3-8H2,1-2H3,(H,16,19)(H,21,22)(H,24,25). The molecule has 1 atom stereocenters. The molecule has 0 heterocycles. The van der Waals surface area contributed by atoms with Crippen LogP contribution in [0.2, 0.25) is 0 Å². The van der Waals surface area contributed by atoms with Crippen LogP contribution >= 0.6 is 11.8 Å². The van der Waals surface area contributed by atoms with Crippen LogP contribution < -0.4 is 5.32 Å². The molecule has 0 radical (unpaired) electrons. The van der Waals surface area contributed by atoms with Crippen LogP contribution in [0.3, 0.4) is 0 Å². The summed E-state index contributed by atoms with van der Waals surface area (Å²) in [4.78, 5) is 57.1. The SMILES string of the molecule is CCOC(=O)C(CSCCNC(=O)CCC(C(=O)O)C(=O)N(C)C(=O)O)=NO. The summed E-state index contributed by atoms with van der Waals surface area (Å²) in [5, 5.41) is 31.9. The van der Waals surface area contributed by atoms with Gasteiger partial charge in [-0.15, -0.1) is 0 Å². The maximum atomic E-state index is 11.8. The van der Waals surface area contributed by atoms with Crippen LogP contribution in [0.4, 0.5) is 4.79 Å². The van der Waals surface area contributed by atoms with Crippen LogP contribution in [0.1, 0.15) is 19.8 Å². The van der Waals surface area contributed by atoms with Gasteiger partial charge in [0.2, 0.25) is 11.8 Å².